The van der Waals surface area contributed by atoms with Crippen molar-refractivity contribution in [2.45, 2.75) is 71.9 Å². The average Bonchev–Trinajstić information content (AvgIpc) is 2.21. The maximum atomic E-state index is 6.07. The van der Waals surface area contributed by atoms with E-state index in [2.05, 4.69) is 55.4 Å². The second-order valence-electron chi connectivity index (χ2n) is 6.56. The Bertz CT molecular complexity index is 228. The van der Waals surface area contributed by atoms with E-state index in [4.69, 9.17) is 9.31 Å². The molecule has 2 nitrogen and oxygen atoms in total. The van der Waals surface area contributed by atoms with Crippen LogP contribution < -0.4 is 0 Å². The minimum atomic E-state index is -0.218. The van der Waals surface area contributed by atoms with Gasteiger partial charge < -0.3 is 9.31 Å². The molecule has 0 bridgehead atoms. The molecule has 3 heteroatoms. The zero-order valence-corrected chi connectivity index (χ0v) is 11.5. The molecule has 0 unspecified atom stereocenters. The van der Waals surface area contributed by atoms with Gasteiger partial charge in [0.05, 0.1) is 11.2 Å². The standard InChI is InChI=1S/C12H25BO2/c1-9(2)10(3,4)13-14-11(5,6)12(7,8)15-13/h9H,1-8H3. The van der Waals surface area contributed by atoms with E-state index in [1.165, 1.54) is 0 Å². The molecule has 1 aliphatic heterocycles. The predicted octanol–water partition coefficient (Wildman–Crippen LogP) is 3.51. The molecule has 0 N–H and O–H groups in total. The minimum Gasteiger partial charge on any atom is -0.403 e. The van der Waals surface area contributed by atoms with E-state index in [-0.39, 0.29) is 23.6 Å². The van der Waals surface area contributed by atoms with Gasteiger partial charge in [-0.3, -0.25) is 0 Å². The van der Waals surface area contributed by atoms with Crippen molar-refractivity contribution >= 4 is 7.12 Å². The molecule has 0 aromatic heterocycles. The van der Waals surface area contributed by atoms with E-state index < -0.39 is 0 Å². The van der Waals surface area contributed by atoms with Gasteiger partial charge in [0.25, 0.3) is 0 Å². The lowest BCUT2D eigenvalue weighted by Crippen LogP contribution is -2.41. The van der Waals surface area contributed by atoms with Gasteiger partial charge in [0.15, 0.2) is 0 Å². The monoisotopic (exact) mass is 212 g/mol. The van der Waals surface area contributed by atoms with Crippen LogP contribution in [0.5, 0.6) is 0 Å². The fourth-order valence-electron chi connectivity index (χ4n) is 1.42. The van der Waals surface area contributed by atoms with Crippen molar-refractivity contribution in [3.63, 3.8) is 0 Å². The highest BCUT2D eigenvalue weighted by Crippen LogP contribution is 2.47. The highest BCUT2D eigenvalue weighted by atomic mass is 16.7. The second kappa shape index (κ2) is 3.49. The predicted molar refractivity (Wildman–Crippen MR) is 65.0 cm³/mol. The Morgan fingerprint density at radius 1 is 0.933 bits per heavy atom. The maximum Gasteiger partial charge on any atom is 0.464 e. The molecule has 0 saturated carbocycles. The molecule has 0 aromatic carbocycles. The molecule has 1 aliphatic rings. The van der Waals surface area contributed by atoms with Gasteiger partial charge in [-0.1, -0.05) is 27.7 Å². The van der Waals surface area contributed by atoms with Crippen LogP contribution in [-0.4, -0.2) is 18.3 Å². The van der Waals surface area contributed by atoms with Gasteiger partial charge >= 0.3 is 7.12 Å². The van der Waals surface area contributed by atoms with Gasteiger partial charge in [0.2, 0.25) is 0 Å². The molecule has 1 rings (SSSR count). The van der Waals surface area contributed by atoms with Gasteiger partial charge in [0, 0.05) is 5.31 Å². The Kier molecular flexibility index (Phi) is 3.04. The highest BCUT2D eigenvalue weighted by Gasteiger charge is 2.56. The lowest BCUT2D eigenvalue weighted by Gasteiger charge is -2.32. The number of rotatable bonds is 2. The van der Waals surface area contributed by atoms with Crippen molar-refractivity contribution in [1.82, 2.24) is 0 Å². The molecule has 1 saturated heterocycles. The number of hydrogen-bond donors (Lipinski definition) is 0. The SMILES string of the molecule is CC(C)C(C)(C)B1OC(C)(C)C(C)(C)O1. The summed E-state index contributed by atoms with van der Waals surface area (Å²) in [6.45, 7) is 17.2. The Hall–Kier alpha value is -0.0151. The third-order valence-electron chi connectivity index (χ3n) is 4.35. The molecule has 88 valence electrons. The van der Waals surface area contributed by atoms with E-state index in [0.717, 1.165) is 0 Å². The van der Waals surface area contributed by atoms with Gasteiger partial charge in [0.1, 0.15) is 0 Å². The van der Waals surface area contributed by atoms with E-state index in [1.807, 2.05) is 0 Å². The molecule has 0 aliphatic carbocycles. The first-order chi connectivity index (χ1) is 6.51. The molecule has 15 heavy (non-hydrogen) atoms. The second-order valence-corrected chi connectivity index (χ2v) is 6.56. The van der Waals surface area contributed by atoms with Crippen molar-refractivity contribution in [3.05, 3.63) is 0 Å². The first-order valence-electron chi connectivity index (χ1n) is 5.86. The van der Waals surface area contributed by atoms with Gasteiger partial charge in [-0.2, -0.15) is 0 Å². The summed E-state index contributed by atoms with van der Waals surface area (Å²) in [6, 6.07) is 0. The Morgan fingerprint density at radius 2 is 1.27 bits per heavy atom. The van der Waals surface area contributed by atoms with Crippen molar-refractivity contribution in [3.8, 4) is 0 Å². The van der Waals surface area contributed by atoms with Crippen LogP contribution in [0.4, 0.5) is 0 Å². The van der Waals surface area contributed by atoms with Crippen LogP contribution in [0.1, 0.15) is 55.4 Å². The van der Waals surface area contributed by atoms with Crippen LogP contribution >= 0.6 is 0 Å². The maximum absolute atomic E-state index is 6.07. The van der Waals surface area contributed by atoms with E-state index in [9.17, 15) is 0 Å². The summed E-state index contributed by atoms with van der Waals surface area (Å²) in [7, 11) is -0.109. The van der Waals surface area contributed by atoms with Gasteiger partial charge in [-0.25, -0.2) is 0 Å². The molecule has 0 amide bonds. The van der Waals surface area contributed by atoms with Crippen LogP contribution in [0.25, 0.3) is 0 Å². The van der Waals surface area contributed by atoms with Crippen LogP contribution in [0.2, 0.25) is 5.31 Å². The van der Waals surface area contributed by atoms with Crippen molar-refractivity contribution in [2.75, 3.05) is 0 Å². The van der Waals surface area contributed by atoms with Gasteiger partial charge in [-0.15, -0.1) is 0 Å². The molecule has 1 fully saturated rings. The van der Waals surface area contributed by atoms with Crippen molar-refractivity contribution < 1.29 is 9.31 Å². The van der Waals surface area contributed by atoms with Crippen LogP contribution in [0, 0.1) is 5.92 Å². The van der Waals surface area contributed by atoms with Crippen molar-refractivity contribution in [1.29, 1.82) is 0 Å². The fraction of sp³-hybridized carbons (Fsp3) is 1.00. The largest absolute Gasteiger partial charge is 0.464 e. The molecular formula is C12H25BO2. The van der Waals surface area contributed by atoms with Crippen LogP contribution in [0.3, 0.4) is 0 Å². The fourth-order valence-corrected chi connectivity index (χ4v) is 1.42. The van der Waals surface area contributed by atoms with E-state index in [1.54, 1.807) is 0 Å². The van der Waals surface area contributed by atoms with E-state index >= 15 is 0 Å². The third-order valence-corrected chi connectivity index (χ3v) is 4.35. The Morgan fingerprint density at radius 3 is 1.53 bits per heavy atom. The topological polar surface area (TPSA) is 18.5 Å². The quantitative estimate of drug-likeness (QED) is 0.652. The molecule has 0 aromatic rings. The van der Waals surface area contributed by atoms with Gasteiger partial charge in [-0.05, 0) is 33.6 Å². The van der Waals surface area contributed by atoms with Crippen LogP contribution in [0.15, 0.2) is 0 Å². The summed E-state index contributed by atoms with van der Waals surface area (Å²) in [5, 5.41) is 0.0467. The molecule has 0 radical (unpaired) electrons. The molecule has 0 atom stereocenters. The summed E-state index contributed by atoms with van der Waals surface area (Å²) in [5.74, 6) is 0.534. The molecular weight excluding hydrogens is 187 g/mol. The summed E-state index contributed by atoms with van der Waals surface area (Å²) in [4.78, 5) is 0. The lowest BCUT2D eigenvalue weighted by molar-refractivity contribution is 0.00578. The summed E-state index contributed by atoms with van der Waals surface area (Å²) >= 11 is 0. The van der Waals surface area contributed by atoms with Crippen LogP contribution in [-0.2, 0) is 9.31 Å². The Labute approximate surface area is 94.9 Å². The summed E-state index contributed by atoms with van der Waals surface area (Å²) < 4.78 is 12.1. The molecule has 1 heterocycles. The third kappa shape index (κ3) is 2.09. The minimum absolute atomic E-state index is 0.0467. The normalized spacial score (nSPS) is 25.0. The van der Waals surface area contributed by atoms with E-state index in [0.29, 0.717) is 5.92 Å². The highest BCUT2D eigenvalue weighted by molar-refractivity contribution is 6.49. The Balaban J connectivity index is 2.88. The summed E-state index contributed by atoms with van der Waals surface area (Å²) in [5.41, 5.74) is -0.437. The average molecular weight is 212 g/mol. The smallest absolute Gasteiger partial charge is 0.403 e. The lowest BCUT2D eigenvalue weighted by atomic mass is 9.54. The van der Waals surface area contributed by atoms with Crippen molar-refractivity contribution in [2.24, 2.45) is 5.92 Å². The zero-order valence-electron chi connectivity index (χ0n) is 11.5. The first kappa shape index (κ1) is 13.1. The summed E-state index contributed by atoms with van der Waals surface area (Å²) in [6.07, 6.45) is 0. The first-order valence-corrected chi connectivity index (χ1v) is 5.86. The number of hydrogen-bond acceptors (Lipinski definition) is 2. The molecule has 0 spiro atoms. The zero-order chi connectivity index (χ0) is 12.1.